The fourth-order valence-electron chi connectivity index (χ4n) is 1.10. The lowest BCUT2D eigenvalue weighted by Gasteiger charge is -2.09. The lowest BCUT2D eigenvalue weighted by molar-refractivity contribution is 0.356. The van der Waals surface area contributed by atoms with Gasteiger partial charge in [0.2, 0.25) is 0 Å². The summed E-state index contributed by atoms with van der Waals surface area (Å²) >= 11 is 0. The van der Waals surface area contributed by atoms with Crippen LogP contribution in [0.25, 0.3) is 0 Å². The maximum atomic E-state index is 8.74. The molecular weight excluding hydrogens is 278 g/mol. The molecule has 0 bridgehead atoms. The van der Waals surface area contributed by atoms with Gasteiger partial charge in [-0.1, -0.05) is 6.07 Å². The number of ether oxygens (including phenoxy) is 2. The molecule has 108 valence electrons. The molecule has 0 aliphatic carbocycles. The molecular formula is C9H15N3O6S. The summed E-state index contributed by atoms with van der Waals surface area (Å²) < 4.78 is 41.8. The molecule has 0 aromatic heterocycles. The van der Waals surface area contributed by atoms with Crippen LogP contribution in [0.2, 0.25) is 0 Å². The molecule has 0 unspecified atom stereocenters. The van der Waals surface area contributed by atoms with Gasteiger partial charge in [0.05, 0.1) is 14.2 Å². The second kappa shape index (κ2) is 7.41. The van der Waals surface area contributed by atoms with E-state index in [0.29, 0.717) is 17.2 Å². The second-order valence-electron chi connectivity index (χ2n) is 3.00. The third kappa shape index (κ3) is 7.81. The zero-order valence-electron chi connectivity index (χ0n) is 10.3. The van der Waals surface area contributed by atoms with Gasteiger partial charge in [-0.25, -0.2) is 4.99 Å². The monoisotopic (exact) mass is 293 g/mol. The Labute approximate surface area is 110 Å². The smallest absolute Gasteiger partial charge is 0.394 e. The molecule has 0 radical (unpaired) electrons. The van der Waals surface area contributed by atoms with Crippen LogP contribution >= 0.6 is 0 Å². The molecule has 6 N–H and O–H groups in total. The summed E-state index contributed by atoms with van der Waals surface area (Å²) in [6.45, 7) is 0. The van der Waals surface area contributed by atoms with E-state index in [4.69, 9.17) is 38.5 Å². The highest BCUT2D eigenvalue weighted by Gasteiger charge is 2.08. The molecule has 1 aromatic carbocycles. The highest BCUT2D eigenvalue weighted by molar-refractivity contribution is 7.79. The molecule has 19 heavy (non-hydrogen) atoms. The Bertz CT molecular complexity index is 531. The van der Waals surface area contributed by atoms with Crippen LogP contribution in [0, 0.1) is 0 Å². The zero-order valence-corrected chi connectivity index (χ0v) is 11.1. The highest BCUT2D eigenvalue weighted by Crippen LogP contribution is 2.36. The molecule has 9 nitrogen and oxygen atoms in total. The summed E-state index contributed by atoms with van der Waals surface area (Å²) in [5, 5.41) is 0. The van der Waals surface area contributed by atoms with Crippen molar-refractivity contribution in [3.05, 3.63) is 18.2 Å². The van der Waals surface area contributed by atoms with Crippen molar-refractivity contribution in [2.24, 2.45) is 16.5 Å². The van der Waals surface area contributed by atoms with Crippen molar-refractivity contribution in [2.45, 2.75) is 0 Å². The molecule has 0 aliphatic heterocycles. The average molecular weight is 293 g/mol. The van der Waals surface area contributed by atoms with E-state index in [1.807, 2.05) is 0 Å². The minimum atomic E-state index is -4.67. The molecule has 0 heterocycles. The van der Waals surface area contributed by atoms with Gasteiger partial charge < -0.3 is 20.9 Å². The number of rotatable bonds is 3. The third-order valence-corrected chi connectivity index (χ3v) is 1.63. The van der Waals surface area contributed by atoms with E-state index in [9.17, 15) is 0 Å². The molecule has 0 spiro atoms. The Balaban J connectivity index is 0.000000555. The van der Waals surface area contributed by atoms with E-state index < -0.39 is 10.4 Å². The third-order valence-electron chi connectivity index (χ3n) is 1.63. The average Bonchev–Trinajstić information content (AvgIpc) is 2.25. The fraction of sp³-hybridized carbons (Fsp3) is 0.222. The van der Waals surface area contributed by atoms with Crippen molar-refractivity contribution < 1.29 is 27.0 Å². The quantitative estimate of drug-likeness (QED) is 0.343. The first-order valence-electron chi connectivity index (χ1n) is 4.69. The molecule has 0 atom stereocenters. The van der Waals surface area contributed by atoms with Gasteiger partial charge in [-0.05, 0) is 12.1 Å². The van der Waals surface area contributed by atoms with Crippen LogP contribution in [-0.2, 0) is 10.4 Å². The van der Waals surface area contributed by atoms with Crippen LogP contribution in [-0.4, -0.2) is 37.7 Å². The van der Waals surface area contributed by atoms with Crippen molar-refractivity contribution in [1.29, 1.82) is 0 Å². The predicted octanol–water partition coefficient (Wildman–Crippen LogP) is -0.0441. The maximum Gasteiger partial charge on any atom is 0.394 e. The Morgan fingerprint density at radius 3 is 2.11 bits per heavy atom. The van der Waals surface area contributed by atoms with E-state index in [1.165, 1.54) is 7.11 Å². The number of aliphatic imine (C=N–C) groups is 1. The summed E-state index contributed by atoms with van der Waals surface area (Å²) in [5.74, 6) is 1.09. The Morgan fingerprint density at radius 2 is 1.74 bits per heavy atom. The molecule has 0 saturated carbocycles. The van der Waals surface area contributed by atoms with Crippen LogP contribution < -0.4 is 20.9 Å². The second-order valence-corrected chi connectivity index (χ2v) is 3.89. The standard InChI is InChI=1S/C9H13N3O2.H2O4S/c1-13-7-5-3-4-6(8(7)14-2)12-9(10)11;1-5(2,3)4/h3-5H,1-2H3,(H4,10,11,12);(H2,1,2,3,4). The zero-order chi connectivity index (χ0) is 15.1. The number of methoxy groups -OCH3 is 2. The number of guanidine groups is 1. The lowest BCUT2D eigenvalue weighted by atomic mass is 10.3. The first kappa shape index (κ1) is 17.0. The molecule has 0 saturated heterocycles. The predicted molar refractivity (Wildman–Crippen MR) is 69.2 cm³/mol. The fourth-order valence-corrected chi connectivity index (χ4v) is 1.10. The molecule has 0 aliphatic rings. The van der Waals surface area contributed by atoms with E-state index in [-0.39, 0.29) is 5.96 Å². The SMILES string of the molecule is COc1cccc(N=C(N)N)c1OC.O=S(=O)(O)O. The van der Waals surface area contributed by atoms with Gasteiger partial charge in [0, 0.05) is 0 Å². The van der Waals surface area contributed by atoms with Crippen molar-refractivity contribution in [3.8, 4) is 11.5 Å². The molecule has 0 amide bonds. The Morgan fingerprint density at radius 1 is 1.21 bits per heavy atom. The lowest BCUT2D eigenvalue weighted by Crippen LogP contribution is -2.21. The largest absolute Gasteiger partial charge is 0.493 e. The van der Waals surface area contributed by atoms with Crippen LogP contribution in [0.3, 0.4) is 0 Å². The molecule has 10 heteroatoms. The van der Waals surface area contributed by atoms with Gasteiger partial charge in [0.25, 0.3) is 0 Å². The maximum absolute atomic E-state index is 8.74. The van der Waals surface area contributed by atoms with E-state index in [2.05, 4.69) is 4.99 Å². The first-order valence-corrected chi connectivity index (χ1v) is 6.09. The van der Waals surface area contributed by atoms with Crippen LogP contribution in [0.5, 0.6) is 11.5 Å². The van der Waals surface area contributed by atoms with Crippen molar-refractivity contribution >= 4 is 22.0 Å². The molecule has 1 rings (SSSR count). The summed E-state index contributed by atoms with van der Waals surface area (Å²) in [7, 11) is -1.58. The topological polar surface area (TPSA) is 157 Å². The van der Waals surface area contributed by atoms with Gasteiger partial charge in [0.1, 0.15) is 5.69 Å². The van der Waals surface area contributed by atoms with Crippen LogP contribution in [0.15, 0.2) is 23.2 Å². The normalized spacial score (nSPS) is 9.89. The van der Waals surface area contributed by atoms with E-state index >= 15 is 0 Å². The van der Waals surface area contributed by atoms with Gasteiger partial charge in [-0.2, -0.15) is 8.42 Å². The molecule has 1 aromatic rings. The Kier molecular flexibility index (Phi) is 6.61. The van der Waals surface area contributed by atoms with E-state index in [0.717, 1.165) is 0 Å². The minimum absolute atomic E-state index is 0.0171. The number of para-hydroxylation sites is 1. The Hall–Kier alpha value is -2.04. The summed E-state index contributed by atoms with van der Waals surface area (Å²) in [6.07, 6.45) is 0. The van der Waals surface area contributed by atoms with Gasteiger partial charge in [0.15, 0.2) is 17.5 Å². The highest BCUT2D eigenvalue weighted by atomic mass is 32.3. The summed E-state index contributed by atoms with van der Waals surface area (Å²) in [5.41, 5.74) is 11.1. The number of hydrogen-bond acceptors (Lipinski definition) is 5. The summed E-state index contributed by atoms with van der Waals surface area (Å²) in [4.78, 5) is 3.91. The number of hydrogen-bond donors (Lipinski definition) is 4. The number of nitrogens with two attached hydrogens (primary N) is 2. The van der Waals surface area contributed by atoms with Crippen molar-refractivity contribution in [2.75, 3.05) is 14.2 Å². The minimum Gasteiger partial charge on any atom is -0.493 e. The van der Waals surface area contributed by atoms with Gasteiger partial charge in [-0.15, -0.1) is 0 Å². The van der Waals surface area contributed by atoms with E-state index in [1.54, 1.807) is 25.3 Å². The summed E-state index contributed by atoms with van der Waals surface area (Å²) in [6, 6.07) is 5.29. The van der Waals surface area contributed by atoms with Crippen LogP contribution in [0.1, 0.15) is 0 Å². The van der Waals surface area contributed by atoms with Crippen molar-refractivity contribution in [3.63, 3.8) is 0 Å². The molecule has 0 fully saturated rings. The van der Waals surface area contributed by atoms with Gasteiger partial charge >= 0.3 is 10.4 Å². The number of nitrogens with zero attached hydrogens (tertiary/aromatic N) is 1. The van der Waals surface area contributed by atoms with Crippen molar-refractivity contribution in [1.82, 2.24) is 0 Å². The number of benzene rings is 1. The van der Waals surface area contributed by atoms with Gasteiger partial charge in [-0.3, -0.25) is 9.11 Å². The first-order chi connectivity index (χ1) is 8.69. The van der Waals surface area contributed by atoms with Crippen LogP contribution in [0.4, 0.5) is 5.69 Å².